The monoisotopic (exact) mass is 477 g/mol. The van der Waals surface area contributed by atoms with Crippen molar-refractivity contribution in [2.75, 3.05) is 26.4 Å². The zero-order valence-electron chi connectivity index (χ0n) is 19.5. The predicted octanol–water partition coefficient (Wildman–Crippen LogP) is 6.04. The number of carbonyl (C=O) groups is 1. The van der Waals surface area contributed by atoms with Crippen molar-refractivity contribution in [2.45, 2.75) is 51.2 Å². The molecular formula is C28H31NO4S. The molecule has 3 heterocycles. The minimum atomic E-state index is 0.0329. The molecule has 6 rings (SSSR count). The standard InChI is InChI=1S/C28H31NO4S/c30-27(13-19-5-1-2-6-19)29-10-12-32-28-21(16-29)14-20(15-25(28)33-22-9-11-31-17-22)24-18-34-26-8-4-3-7-23(24)26/h3-4,7-8,14-15,18-19,22H,1-2,5-6,9-13,16-17H2/t22-/m0/s1. The highest BCUT2D eigenvalue weighted by Gasteiger charge is 2.28. The van der Waals surface area contributed by atoms with E-state index in [2.05, 4.69) is 41.8 Å². The van der Waals surface area contributed by atoms with Gasteiger partial charge in [0.1, 0.15) is 12.7 Å². The quantitative estimate of drug-likeness (QED) is 0.450. The van der Waals surface area contributed by atoms with E-state index in [1.54, 1.807) is 11.3 Å². The Morgan fingerprint density at radius 3 is 2.85 bits per heavy atom. The van der Waals surface area contributed by atoms with E-state index >= 15 is 0 Å². The largest absolute Gasteiger partial charge is 0.487 e. The van der Waals surface area contributed by atoms with Gasteiger partial charge in [-0.15, -0.1) is 11.3 Å². The molecule has 178 valence electrons. The fourth-order valence-electron chi connectivity index (χ4n) is 5.52. The summed E-state index contributed by atoms with van der Waals surface area (Å²) in [6.07, 6.45) is 6.46. The Hall–Kier alpha value is -2.57. The molecule has 1 aromatic heterocycles. The number of amides is 1. The fraction of sp³-hybridized carbons (Fsp3) is 0.464. The highest BCUT2D eigenvalue weighted by atomic mass is 32.1. The molecule has 1 atom stereocenters. The number of hydrogen-bond donors (Lipinski definition) is 0. The highest BCUT2D eigenvalue weighted by Crippen LogP contribution is 2.42. The highest BCUT2D eigenvalue weighted by molar-refractivity contribution is 7.17. The van der Waals surface area contributed by atoms with E-state index in [1.807, 2.05) is 4.90 Å². The predicted molar refractivity (Wildman–Crippen MR) is 135 cm³/mol. The number of hydrogen-bond acceptors (Lipinski definition) is 5. The molecule has 1 saturated carbocycles. The average Bonchev–Trinajstić information content (AvgIpc) is 3.60. The molecule has 0 spiro atoms. The third kappa shape index (κ3) is 4.41. The van der Waals surface area contributed by atoms with Crippen LogP contribution in [0.4, 0.5) is 0 Å². The first-order chi connectivity index (χ1) is 16.7. The van der Waals surface area contributed by atoms with Crippen LogP contribution in [-0.2, 0) is 16.1 Å². The Bertz CT molecular complexity index is 1180. The zero-order chi connectivity index (χ0) is 22.9. The second-order valence-electron chi connectivity index (χ2n) is 9.73. The second-order valence-corrected chi connectivity index (χ2v) is 10.6. The molecule has 34 heavy (non-hydrogen) atoms. The smallest absolute Gasteiger partial charge is 0.223 e. The maximum Gasteiger partial charge on any atom is 0.223 e. The summed E-state index contributed by atoms with van der Waals surface area (Å²) < 4.78 is 19.5. The molecule has 3 aromatic rings. The fourth-order valence-corrected chi connectivity index (χ4v) is 6.49. The van der Waals surface area contributed by atoms with Crippen molar-refractivity contribution in [1.82, 2.24) is 4.90 Å². The Kier molecular flexibility index (Phi) is 6.18. The number of carbonyl (C=O) groups excluding carboxylic acids is 1. The van der Waals surface area contributed by atoms with E-state index < -0.39 is 0 Å². The lowest BCUT2D eigenvalue weighted by Gasteiger charge is -2.22. The van der Waals surface area contributed by atoms with Crippen molar-refractivity contribution in [3.05, 3.63) is 47.3 Å². The molecule has 6 heteroatoms. The Morgan fingerprint density at radius 2 is 2.00 bits per heavy atom. The van der Waals surface area contributed by atoms with Gasteiger partial charge in [0, 0.05) is 40.6 Å². The van der Waals surface area contributed by atoms with Crippen LogP contribution in [0.5, 0.6) is 11.5 Å². The lowest BCUT2D eigenvalue weighted by molar-refractivity contribution is -0.132. The molecule has 0 bridgehead atoms. The van der Waals surface area contributed by atoms with E-state index in [0.29, 0.717) is 38.6 Å². The molecule has 0 unspecified atom stereocenters. The van der Waals surface area contributed by atoms with Gasteiger partial charge in [0.25, 0.3) is 0 Å². The van der Waals surface area contributed by atoms with E-state index in [-0.39, 0.29) is 12.0 Å². The summed E-state index contributed by atoms with van der Waals surface area (Å²) in [6.45, 7) is 3.00. The number of ether oxygens (including phenoxy) is 3. The van der Waals surface area contributed by atoms with Crippen LogP contribution in [0.15, 0.2) is 41.8 Å². The van der Waals surface area contributed by atoms with Crippen LogP contribution >= 0.6 is 11.3 Å². The van der Waals surface area contributed by atoms with Crippen LogP contribution in [0.2, 0.25) is 0 Å². The summed E-state index contributed by atoms with van der Waals surface area (Å²) >= 11 is 1.76. The number of rotatable bonds is 5. The molecule has 5 nitrogen and oxygen atoms in total. The summed E-state index contributed by atoms with van der Waals surface area (Å²) in [6, 6.07) is 12.8. The zero-order valence-corrected chi connectivity index (χ0v) is 20.3. The van der Waals surface area contributed by atoms with Crippen molar-refractivity contribution >= 4 is 27.3 Å². The molecule has 2 fully saturated rings. The first-order valence-electron chi connectivity index (χ1n) is 12.5. The third-order valence-corrected chi connectivity index (χ3v) is 8.33. The van der Waals surface area contributed by atoms with Gasteiger partial charge >= 0.3 is 0 Å². The summed E-state index contributed by atoms with van der Waals surface area (Å²) in [4.78, 5) is 15.2. The average molecular weight is 478 g/mol. The van der Waals surface area contributed by atoms with Gasteiger partial charge in [0.15, 0.2) is 11.5 Å². The van der Waals surface area contributed by atoms with E-state index in [9.17, 15) is 4.79 Å². The van der Waals surface area contributed by atoms with Gasteiger partial charge in [-0.1, -0.05) is 31.0 Å². The maximum absolute atomic E-state index is 13.2. The normalized spacial score (nSPS) is 20.8. The van der Waals surface area contributed by atoms with Crippen molar-refractivity contribution < 1.29 is 19.0 Å². The van der Waals surface area contributed by atoms with Crippen LogP contribution in [0.3, 0.4) is 0 Å². The minimum absolute atomic E-state index is 0.0329. The van der Waals surface area contributed by atoms with Crippen LogP contribution in [-0.4, -0.2) is 43.3 Å². The van der Waals surface area contributed by atoms with Crippen LogP contribution in [0.25, 0.3) is 21.2 Å². The van der Waals surface area contributed by atoms with Crippen LogP contribution in [0.1, 0.15) is 44.1 Å². The Morgan fingerprint density at radius 1 is 1.12 bits per heavy atom. The second kappa shape index (κ2) is 9.59. The minimum Gasteiger partial charge on any atom is -0.487 e. The lowest BCUT2D eigenvalue weighted by atomic mass is 10.00. The van der Waals surface area contributed by atoms with Gasteiger partial charge in [-0.25, -0.2) is 0 Å². The van der Waals surface area contributed by atoms with Crippen LogP contribution in [0, 0.1) is 5.92 Å². The molecule has 3 aliphatic rings. The van der Waals surface area contributed by atoms with E-state index in [1.165, 1.54) is 41.3 Å². The third-order valence-electron chi connectivity index (χ3n) is 7.36. The number of thiophene rings is 1. The van der Waals surface area contributed by atoms with Crippen molar-refractivity contribution in [3.63, 3.8) is 0 Å². The molecule has 2 aromatic carbocycles. The van der Waals surface area contributed by atoms with Crippen molar-refractivity contribution in [2.24, 2.45) is 5.92 Å². The van der Waals surface area contributed by atoms with E-state index in [4.69, 9.17) is 14.2 Å². The van der Waals surface area contributed by atoms with Crippen LogP contribution < -0.4 is 9.47 Å². The van der Waals surface area contributed by atoms with Gasteiger partial charge in [0.2, 0.25) is 5.91 Å². The van der Waals surface area contributed by atoms with Gasteiger partial charge in [-0.05, 0) is 47.9 Å². The van der Waals surface area contributed by atoms with Crippen molar-refractivity contribution in [3.8, 4) is 22.6 Å². The summed E-state index contributed by atoms with van der Waals surface area (Å²) in [5.74, 6) is 2.34. The summed E-state index contributed by atoms with van der Waals surface area (Å²) in [5.41, 5.74) is 3.33. The molecule has 2 aliphatic heterocycles. The molecule has 0 radical (unpaired) electrons. The van der Waals surface area contributed by atoms with E-state index in [0.717, 1.165) is 35.7 Å². The molecule has 0 N–H and O–H groups in total. The summed E-state index contributed by atoms with van der Waals surface area (Å²) in [5, 5.41) is 3.46. The molecule has 1 aliphatic carbocycles. The number of fused-ring (bicyclic) bond motifs is 2. The molecule has 1 saturated heterocycles. The number of nitrogens with zero attached hydrogens (tertiary/aromatic N) is 1. The molecule has 1 amide bonds. The summed E-state index contributed by atoms with van der Waals surface area (Å²) in [7, 11) is 0. The van der Waals surface area contributed by atoms with Gasteiger partial charge < -0.3 is 19.1 Å². The Balaban J connectivity index is 1.36. The van der Waals surface area contributed by atoms with Gasteiger partial charge in [-0.3, -0.25) is 4.79 Å². The Labute approximate surface area is 204 Å². The SMILES string of the molecule is O=C(CC1CCCC1)N1CCOc2c(cc(-c3csc4ccccc34)cc2O[C@H]2CCOC2)C1. The lowest BCUT2D eigenvalue weighted by Crippen LogP contribution is -2.33. The maximum atomic E-state index is 13.2. The van der Waals surface area contributed by atoms with Crippen molar-refractivity contribution in [1.29, 1.82) is 0 Å². The first kappa shape index (κ1) is 21.9. The van der Waals surface area contributed by atoms with Gasteiger partial charge in [-0.2, -0.15) is 0 Å². The first-order valence-corrected chi connectivity index (χ1v) is 13.4. The topological polar surface area (TPSA) is 48.0 Å². The van der Waals surface area contributed by atoms with Gasteiger partial charge in [0.05, 0.1) is 19.8 Å². The molecular weight excluding hydrogens is 446 g/mol. The number of benzene rings is 2.